The van der Waals surface area contributed by atoms with E-state index in [4.69, 9.17) is 5.26 Å². The summed E-state index contributed by atoms with van der Waals surface area (Å²) in [4.78, 5) is 17.1. The zero-order valence-electron chi connectivity index (χ0n) is 19.4. The molecule has 1 atom stereocenters. The molecule has 0 saturated heterocycles. The van der Waals surface area contributed by atoms with Gasteiger partial charge in [-0.3, -0.25) is 9.48 Å². The van der Waals surface area contributed by atoms with Crippen molar-refractivity contribution in [2.24, 2.45) is 7.05 Å². The molecule has 0 saturated carbocycles. The van der Waals surface area contributed by atoms with Crippen LogP contribution < -0.4 is 5.32 Å². The first kappa shape index (κ1) is 22.3. The van der Waals surface area contributed by atoms with Gasteiger partial charge >= 0.3 is 0 Å². The van der Waals surface area contributed by atoms with Crippen LogP contribution in [0.1, 0.15) is 33.1 Å². The van der Waals surface area contributed by atoms with Crippen molar-refractivity contribution in [3.63, 3.8) is 0 Å². The quantitative estimate of drug-likeness (QED) is 0.313. The molecule has 6 nitrogen and oxygen atoms in total. The maximum Gasteiger partial charge on any atom is 0.186 e. The second-order valence-electron chi connectivity index (χ2n) is 8.59. The van der Waals surface area contributed by atoms with Crippen molar-refractivity contribution >= 4 is 16.7 Å². The second kappa shape index (κ2) is 9.80. The van der Waals surface area contributed by atoms with Crippen molar-refractivity contribution in [2.75, 3.05) is 6.54 Å². The van der Waals surface area contributed by atoms with Crippen molar-refractivity contribution in [1.82, 2.24) is 20.1 Å². The van der Waals surface area contributed by atoms with E-state index in [0.29, 0.717) is 17.7 Å². The molecule has 0 aliphatic rings. The Morgan fingerprint density at radius 3 is 2.60 bits per heavy atom. The van der Waals surface area contributed by atoms with Gasteiger partial charge in [-0.2, -0.15) is 10.4 Å². The zero-order valence-corrected chi connectivity index (χ0v) is 19.4. The second-order valence-corrected chi connectivity index (χ2v) is 8.59. The van der Waals surface area contributed by atoms with E-state index in [1.807, 2.05) is 86.2 Å². The molecule has 0 unspecified atom stereocenters. The third kappa shape index (κ3) is 4.77. The maximum absolute atomic E-state index is 13.8. The minimum absolute atomic E-state index is 0.0245. The molecule has 0 radical (unpaired) electrons. The molecule has 0 spiro atoms. The average molecular weight is 460 g/mol. The van der Waals surface area contributed by atoms with Crippen LogP contribution >= 0.6 is 0 Å². The molecule has 0 aliphatic heterocycles. The number of hydrogen-bond donors (Lipinski definition) is 2. The molecule has 172 valence electrons. The Bertz CT molecular complexity index is 1510. The molecule has 2 aromatic heterocycles. The highest BCUT2D eigenvalue weighted by Gasteiger charge is 2.24. The lowest BCUT2D eigenvalue weighted by atomic mass is 9.96. The highest BCUT2D eigenvalue weighted by Crippen LogP contribution is 2.28. The third-order valence-corrected chi connectivity index (χ3v) is 6.23. The number of fused-ring (bicyclic) bond motifs is 1. The van der Waals surface area contributed by atoms with Crippen LogP contribution in [0.2, 0.25) is 0 Å². The standard InChI is InChI=1S/C29H25N5O/c1-34-19-24(17-33-34)23-11-12-25-26(18-32-27(25)15-23)29(35)28(22-5-3-2-4-6-22)31-14-13-20-7-9-21(16-30)10-8-20/h2-12,15,17-19,28,31-32H,13-14H2,1H3/t28-/m0/s1. The number of aryl methyl sites for hydroxylation is 1. The first-order valence-corrected chi connectivity index (χ1v) is 11.5. The van der Waals surface area contributed by atoms with E-state index in [1.165, 1.54) is 0 Å². The van der Waals surface area contributed by atoms with Gasteiger partial charge in [0.2, 0.25) is 0 Å². The number of ketones is 1. The van der Waals surface area contributed by atoms with Crippen LogP contribution in [0.5, 0.6) is 0 Å². The monoisotopic (exact) mass is 459 g/mol. The lowest BCUT2D eigenvalue weighted by Gasteiger charge is -2.18. The third-order valence-electron chi connectivity index (χ3n) is 6.23. The molecule has 5 aromatic rings. The number of Topliss-reactive ketones (excluding diaryl/α,β-unsaturated/α-hetero) is 1. The van der Waals surface area contributed by atoms with E-state index in [0.717, 1.165) is 39.6 Å². The Morgan fingerprint density at radius 1 is 1.09 bits per heavy atom. The summed E-state index contributed by atoms with van der Waals surface area (Å²) < 4.78 is 1.78. The van der Waals surface area contributed by atoms with Crippen molar-refractivity contribution in [1.29, 1.82) is 5.26 Å². The number of aromatic amines is 1. The summed E-state index contributed by atoms with van der Waals surface area (Å²) in [7, 11) is 1.89. The molecule has 0 fully saturated rings. The number of nitriles is 1. The fraction of sp³-hybridized carbons (Fsp3) is 0.138. The fourth-order valence-corrected chi connectivity index (χ4v) is 4.35. The first-order valence-electron chi connectivity index (χ1n) is 11.5. The molecular weight excluding hydrogens is 434 g/mol. The number of benzene rings is 3. The van der Waals surface area contributed by atoms with E-state index in [2.05, 4.69) is 27.5 Å². The largest absolute Gasteiger partial charge is 0.360 e. The Morgan fingerprint density at radius 2 is 1.89 bits per heavy atom. The summed E-state index contributed by atoms with van der Waals surface area (Å²) in [5.74, 6) is 0.0245. The molecular formula is C29H25N5O. The summed E-state index contributed by atoms with van der Waals surface area (Å²) in [5.41, 5.74) is 6.35. The summed E-state index contributed by atoms with van der Waals surface area (Å²) >= 11 is 0. The van der Waals surface area contributed by atoms with Crippen LogP contribution in [0.15, 0.2) is 91.4 Å². The highest BCUT2D eigenvalue weighted by atomic mass is 16.1. The number of hydrogen-bond acceptors (Lipinski definition) is 4. The Labute approximate surface area is 203 Å². The van der Waals surface area contributed by atoms with Crippen molar-refractivity contribution in [2.45, 2.75) is 12.5 Å². The Balaban J connectivity index is 1.39. The topological polar surface area (TPSA) is 86.5 Å². The molecule has 35 heavy (non-hydrogen) atoms. The smallest absolute Gasteiger partial charge is 0.186 e. The van der Waals surface area contributed by atoms with Gasteiger partial charge in [0.15, 0.2) is 5.78 Å². The number of aromatic nitrogens is 3. The summed E-state index contributed by atoms with van der Waals surface area (Å²) in [6.45, 7) is 0.630. The Kier molecular flexibility index (Phi) is 6.25. The van der Waals surface area contributed by atoms with Crippen LogP contribution in [0.4, 0.5) is 0 Å². The molecule has 5 rings (SSSR count). The molecule has 3 aromatic carbocycles. The summed E-state index contributed by atoms with van der Waals surface area (Å²) in [5, 5.41) is 17.6. The van der Waals surface area contributed by atoms with Crippen molar-refractivity contribution < 1.29 is 4.79 Å². The molecule has 6 heteroatoms. The van der Waals surface area contributed by atoms with Gasteiger partial charge in [0.1, 0.15) is 0 Å². The molecule has 0 amide bonds. The SMILES string of the molecule is Cn1cc(-c2ccc3c(C(=O)[C@@H](NCCc4ccc(C#N)cc4)c4ccccc4)c[nH]c3c2)cn1. The fourth-order valence-electron chi connectivity index (χ4n) is 4.35. The van der Waals surface area contributed by atoms with E-state index in [-0.39, 0.29) is 5.78 Å². The van der Waals surface area contributed by atoms with Crippen molar-refractivity contribution in [3.8, 4) is 17.2 Å². The lowest BCUT2D eigenvalue weighted by Crippen LogP contribution is -2.30. The molecule has 0 bridgehead atoms. The lowest BCUT2D eigenvalue weighted by molar-refractivity contribution is 0.0945. The van der Waals surface area contributed by atoms with Gasteiger partial charge in [-0.25, -0.2) is 0 Å². The average Bonchev–Trinajstić information content (AvgIpc) is 3.53. The van der Waals surface area contributed by atoms with Gasteiger partial charge in [0, 0.05) is 48.0 Å². The van der Waals surface area contributed by atoms with E-state index in [9.17, 15) is 4.79 Å². The Hall–Kier alpha value is -4.47. The van der Waals surface area contributed by atoms with Gasteiger partial charge < -0.3 is 10.3 Å². The van der Waals surface area contributed by atoms with Gasteiger partial charge in [-0.15, -0.1) is 0 Å². The van der Waals surface area contributed by atoms with Gasteiger partial charge in [0.05, 0.1) is 23.9 Å². The van der Waals surface area contributed by atoms with Gasteiger partial charge in [0.25, 0.3) is 0 Å². The number of rotatable bonds is 8. The highest BCUT2D eigenvalue weighted by molar-refractivity contribution is 6.11. The van der Waals surface area contributed by atoms with Crippen LogP contribution in [0.25, 0.3) is 22.0 Å². The molecule has 2 N–H and O–H groups in total. The molecule has 0 aliphatic carbocycles. The number of carbonyl (C=O) groups is 1. The maximum atomic E-state index is 13.8. The van der Waals surface area contributed by atoms with Crippen molar-refractivity contribution in [3.05, 3.63) is 114 Å². The number of nitrogens with zero attached hydrogens (tertiary/aromatic N) is 3. The number of H-pyrrole nitrogens is 1. The van der Waals surface area contributed by atoms with Crippen LogP contribution in [-0.4, -0.2) is 27.1 Å². The normalized spacial score (nSPS) is 11.9. The predicted molar refractivity (Wildman–Crippen MR) is 137 cm³/mol. The molecule has 2 heterocycles. The zero-order chi connectivity index (χ0) is 24.2. The minimum atomic E-state index is -0.466. The minimum Gasteiger partial charge on any atom is -0.360 e. The van der Waals surface area contributed by atoms with Crippen LogP contribution in [0, 0.1) is 11.3 Å². The summed E-state index contributed by atoms with van der Waals surface area (Å²) in [6.07, 6.45) is 6.36. The first-order chi connectivity index (χ1) is 17.1. The van der Waals surface area contributed by atoms with Crippen LogP contribution in [0.3, 0.4) is 0 Å². The van der Waals surface area contributed by atoms with Crippen LogP contribution in [-0.2, 0) is 13.5 Å². The number of carbonyl (C=O) groups excluding carboxylic acids is 1. The van der Waals surface area contributed by atoms with Gasteiger partial charge in [-0.1, -0.05) is 54.6 Å². The predicted octanol–water partition coefficient (Wildman–Crippen LogP) is 5.20. The van der Waals surface area contributed by atoms with E-state index >= 15 is 0 Å². The van der Waals surface area contributed by atoms with E-state index in [1.54, 1.807) is 10.9 Å². The van der Waals surface area contributed by atoms with E-state index < -0.39 is 6.04 Å². The van der Waals surface area contributed by atoms with Gasteiger partial charge in [-0.05, 0) is 41.3 Å². The summed E-state index contributed by atoms with van der Waals surface area (Å²) in [6, 6.07) is 25.1. The number of nitrogens with one attached hydrogen (secondary N) is 2.